The zero-order valence-electron chi connectivity index (χ0n) is 15.1. The number of ether oxygens (including phenoxy) is 1. The molecule has 26 heavy (non-hydrogen) atoms. The number of fused-ring (bicyclic) bond motifs is 1. The first kappa shape index (κ1) is 16.9. The van der Waals surface area contributed by atoms with E-state index < -0.39 is 0 Å². The topological polar surface area (TPSA) is 69.2 Å². The van der Waals surface area contributed by atoms with Gasteiger partial charge < -0.3 is 9.15 Å². The minimum Gasteiger partial charge on any atom is -0.465 e. The molecule has 1 atom stereocenters. The summed E-state index contributed by atoms with van der Waals surface area (Å²) >= 11 is 0. The molecule has 3 aromatic heterocycles. The van der Waals surface area contributed by atoms with Gasteiger partial charge >= 0.3 is 0 Å². The van der Waals surface area contributed by atoms with Crippen LogP contribution in [-0.4, -0.2) is 38.0 Å². The highest BCUT2D eigenvalue weighted by Crippen LogP contribution is 2.28. The van der Waals surface area contributed by atoms with E-state index in [1.165, 1.54) is 0 Å². The molecule has 1 aliphatic heterocycles. The normalized spacial score (nSPS) is 17.4. The molecule has 1 unspecified atom stereocenters. The summed E-state index contributed by atoms with van der Waals surface area (Å²) in [6.45, 7) is 5.51. The number of furan rings is 1. The average molecular weight is 353 g/mol. The number of rotatable bonds is 6. The van der Waals surface area contributed by atoms with Crippen LogP contribution in [0.25, 0.3) is 0 Å². The fourth-order valence-electron chi connectivity index (χ4n) is 3.53. The van der Waals surface area contributed by atoms with Gasteiger partial charge in [-0.25, -0.2) is 0 Å². The van der Waals surface area contributed by atoms with Crippen LogP contribution in [0.3, 0.4) is 0 Å². The number of nitrogens with zero attached hydrogens (tertiary/aromatic N) is 5. The summed E-state index contributed by atoms with van der Waals surface area (Å²) in [7, 11) is 1.95. The molecule has 0 spiro atoms. The molecule has 1 aliphatic rings. The predicted molar refractivity (Wildman–Crippen MR) is 95.2 cm³/mol. The lowest BCUT2D eigenvalue weighted by Crippen LogP contribution is -2.35. The van der Waals surface area contributed by atoms with Crippen LogP contribution in [0, 0.1) is 6.92 Å². The zero-order chi connectivity index (χ0) is 17.9. The fourth-order valence-corrected chi connectivity index (χ4v) is 3.53. The maximum absolute atomic E-state index is 5.96. The van der Waals surface area contributed by atoms with Gasteiger partial charge in [0.15, 0.2) is 0 Å². The van der Waals surface area contributed by atoms with Crippen molar-refractivity contribution in [1.82, 2.24) is 24.9 Å². The largest absolute Gasteiger partial charge is 0.465 e. The Morgan fingerprint density at radius 2 is 2.19 bits per heavy atom. The molecule has 7 nitrogen and oxygen atoms in total. The van der Waals surface area contributed by atoms with Crippen molar-refractivity contribution in [2.75, 3.05) is 13.2 Å². The second kappa shape index (κ2) is 7.39. The van der Waals surface area contributed by atoms with Crippen LogP contribution >= 0.6 is 0 Å². The third-order valence-corrected chi connectivity index (χ3v) is 4.65. The van der Waals surface area contributed by atoms with Crippen LogP contribution in [-0.2, 0) is 31.5 Å². The van der Waals surface area contributed by atoms with Gasteiger partial charge in [-0.15, -0.1) is 5.10 Å². The lowest BCUT2D eigenvalue weighted by Gasteiger charge is -2.31. The second-order valence-corrected chi connectivity index (χ2v) is 6.76. The van der Waals surface area contributed by atoms with Crippen LogP contribution in [0.1, 0.15) is 34.5 Å². The minimum atomic E-state index is 0.221. The Kier molecular flexibility index (Phi) is 4.81. The molecular weight excluding hydrogens is 330 g/mol. The smallest absolute Gasteiger partial charge is 0.118 e. The number of hydrogen-bond acceptors (Lipinski definition) is 6. The molecule has 136 valence electrons. The number of aryl methyl sites for hydroxylation is 2. The van der Waals surface area contributed by atoms with Crippen molar-refractivity contribution in [3.8, 4) is 0 Å². The molecule has 3 aromatic rings. The third kappa shape index (κ3) is 3.68. The third-order valence-electron chi connectivity index (χ3n) is 4.65. The molecule has 0 N–H and O–H groups in total. The SMILES string of the molecule is Cc1ccc(CN2Cc3nnn(C)c3C(COCc3ccccn3)C2)o1. The van der Waals surface area contributed by atoms with E-state index in [1.54, 1.807) is 6.20 Å². The predicted octanol–water partition coefficient (Wildman–Crippen LogP) is 2.43. The molecule has 0 fully saturated rings. The first-order valence-electron chi connectivity index (χ1n) is 8.83. The summed E-state index contributed by atoms with van der Waals surface area (Å²) in [6, 6.07) is 9.90. The summed E-state index contributed by atoms with van der Waals surface area (Å²) in [5, 5.41) is 8.55. The molecular formula is C19H23N5O2. The van der Waals surface area contributed by atoms with Crippen LogP contribution in [0.5, 0.6) is 0 Å². The molecule has 0 aromatic carbocycles. The molecule has 4 rings (SSSR count). The minimum absolute atomic E-state index is 0.221. The van der Waals surface area contributed by atoms with Gasteiger partial charge in [0.1, 0.15) is 17.2 Å². The molecule has 0 amide bonds. The van der Waals surface area contributed by atoms with Gasteiger partial charge in [-0.1, -0.05) is 11.3 Å². The molecule has 4 heterocycles. The molecule has 0 radical (unpaired) electrons. The van der Waals surface area contributed by atoms with E-state index in [0.29, 0.717) is 13.2 Å². The van der Waals surface area contributed by atoms with E-state index in [0.717, 1.165) is 48.2 Å². The maximum atomic E-state index is 5.96. The van der Waals surface area contributed by atoms with E-state index >= 15 is 0 Å². The van der Waals surface area contributed by atoms with Gasteiger partial charge in [-0.3, -0.25) is 14.6 Å². The first-order chi connectivity index (χ1) is 12.7. The van der Waals surface area contributed by atoms with Crippen LogP contribution < -0.4 is 0 Å². The van der Waals surface area contributed by atoms with Crippen LogP contribution in [0.2, 0.25) is 0 Å². The van der Waals surface area contributed by atoms with E-state index in [9.17, 15) is 0 Å². The van der Waals surface area contributed by atoms with Gasteiger partial charge in [-0.2, -0.15) is 0 Å². The maximum Gasteiger partial charge on any atom is 0.118 e. The molecule has 0 saturated carbocycles. The highest BCUT2D eigenvalue weighted by molar-refractivity contribution is 5.20. The zero-order valence-corrected chi connectivity index (χ0v) is 15.1. The highest BCUT2D eigenvalue weighted by atomic mass is 16.5. The number of hydrogen-bond donors (Lipinski definition) is 0. The highest BCUT2D eigenvalue weighted by Gasteiger charge is 2.30. The van der Waals surface area contributed by atoms with Gasteiger partial charge in [0.2, 0.25) is 0 Å². The van der Waals surface area contributed by atoms with Gasteiger partial charge in [0, 0.05) is 32.3 Å². The molecule has 0 saturated heterocycles. The van der Waals surface area contributed by atoms with Crippen molar-refractivity contribution in [2.45, 2.75) is 32.5 Å². The molecule has 7 heteroatoms. The molecule has 0 bridgehead atoms. The van der Waals surface area contributed by atoms with Crippen LogP contribution in [0.15, 0.2) is 40.9 Å². The Bertz CT molecular complexity index is 858. The summed E-state index contributed by atoms with van der Waals surface area (Å²) in [6.07, 6.45) is 1.79. The lowest BCUT2D eigenvalue weighted by molar-refractivity contribution is 0.0796. The number of pyridine rings is 1. The van der Waals surface area contributed by atoms with Crippen molar-refractivity contribution in [2.24, 2.45) is 7.05 Å². The average Bonchev–Trinajstić information content (AvgIpc) is 3.22. The Morgan fingerprint density at radius 1 is 1.27 bits per heavy atom. The Labute approximate surface area is 152 Å². The van der Waals surface area contributed by atoms with E-state index in [1.807, 2.05) is 49.0 Å². The fraction of sp³-hybridized carbons (Fsp3) is 0.421. The van der Waals surface area contributed by atoms with E-state index in [-0.39, 0.29) is 5.92 Å². The van der Waals surface area contributed by atoms with Crippen LogP contribution in [0.4, 0.5) is 0 Å². The lowest BCUT2D eigenvalue weighted by atomic mass is 9.99. The summed E-state index contributed by atoms with van der Waals surface area (Å²) in [4.78, 5) is 6.65. The Morgan fingerprint density at radius 3 is 2.96 bits per heavy atom. The quantitative estimate of drug-likeness (QED) is 0.678. The van der Waals surface area contributed by atoms with Gasteiger partial charge in [0.05, 0.1) is 31.1 Å². The van der Waals surface area contributed by atoms with Crippen molar-refractivity contribution < 1.29 is 9.15 Å². The first-order valence-corrected chi connectivity index (χ1v) is 8.83. The van der Waals surface area contributed by atoms with E-state index in [2.05, 4.69) is 20.2 Å². The second-order valence-electron chi connectivity index (χ2n) is 6.76. The Balaban J connectivity index is 1.44. The van der Waals surface area contributed by atoms with Crippen molar-refractivity contribution >= 4 is 0 Å². The summed E-state index contributed by atoms with van der Waals surface area (Å²) < 4.78 is 13.6. The Hall–Kier alpha value is -2.51. The van der Waals surface area contributed by atoms with Crippen molar-refractivity contribution in [1.29, 1.82) is 0 Å². The number of aromatic nitrogens is 4. The monoisotopic (exact) mass is 353 g/mol. The standard InChI is InChI=1S/C19H23N5O2/c1-14-6-7-17(26-14)10-24-9-15(19-18(11-24)21-22-23(19)2)12-25-13-16-5-3-4-8-20-16/h3-8,15H,9-13H2,1-2H3. The summed E-state index contributed by atoms with van der Waals surface area (Å²) in [5.41, 5.74) is 3.13. The molecule has 0 aliphatic carbocycles. The van der Waals surface area contributed by atoms with Gasteiger partial charge in [0.25, 0.3) is 0 Å². The summed E-state index contributed by atoms with van der Waals surface area (Å²) in [5.74, 6) is 2.13. The van der Waals surface area contributed by atoms with Crippen molar-refractivity contribution in [3.05, 3.63) is 65.1 Å². The van der Waals surface area contributed by atoms with Crippen molar-refractivity contribution in [3.63, 3.8) is 0 Å². The van der Waals surface area contributed by atoms with E-state index in [4.69, 9.17) is 9.15 Å². The van der Waals surface area contributed by atoms with Gasteiger partial charge in [-0.05, 0) is 31.2 Å².